The molecule has 1 atom stereocenters. The number of nitrogens with one attached hydrogen (secondary N) is 1. The smallest absolute Gasteiger partial charge is 0.243 e. The Morgan fingerprint density at radius 3 is 2.66 bits per heavy atom. The quantitative estimate of drug-likeness (QED) is 0.277. The summed E-state index contributed by atoms with van der Waals surface area (Å²) in [4.78, 5) is 5.06. The van der Waals surface area contributed by atoms with Crippen LogP contribution in [0, 0.1) is 5.92 Å². The molecule has 1 saturated heterocycles. The molecule has 0 aliphatic carbocycles. The number of hydrogen-bond acceptors (Lipinski definition) is 5. The molecule has 1 aliphatic rings. The Balaban J connectivity index is 1.37. The third kappa shape index (κ3) is 5.13. The maximum atomic E-state index is 13.2. The molecule has 35 heavy (non-hydrogen) atoms. The summed E-state index contributed by atoms with van der Waals surface area (Å²) in [6.07, 6.45) is 3.46. The van der Waals surface area contributed by atoms with Crippen molar-refractivity contribution in [3.05, 3.63) is 74.8 Å². The molecule has 11 heteroatoms. The van der Waals surface area contributed by atoms with Crippen molar-refractivity contribution in [3.63, 3.8) is 0 Å². The highest BCUT2D eigenvalue weighted by molar-refractivity contribution is 9.11. The van der Waals surface area contributed by atoms with E-state index in [0.29, 0.717) is 35.2 Å². The fraction of sp³-hybridized carbons (Fsp3) is 0.250. The second kappa shape index (κ2) is 10.2. The molecule has 1 aliphatic heterocycles. The highest BCUT2D eigenvalue weighted by Gasteiger charge is 2.30. The van der Waals surface area contributed by atoms with Gasteiger partial charge in [0.25, 0.3) is 0 Å². The van der Waals surface area contributed by atoms with E-state index in [-0.39, 0.29) is 5.92 Å². The summed E-state index contributed by atoms with van der Waals surface area (Å²) >= 11 is 13.3. The van der Waals surface area contributed by atoms with Crippen molar-refractivity contribution in [3.8, 4) is 11.3 Å². The van der Waals surface area contributed by atoms with Gasteiger partial charge in [-0.05, 0) is 65.0 Å². The van der Waals surface area contributed by atoms with E-state index >= 15 is 0 Å². The van der Waals surface area contributed by atoms with Crippen molar-refractivity contribution in [1.29, 1.82) is 0 Å². The van der Waals surface area contributed by atoms with Crippen molar-refractivity contribution in [2.45, 2.75) is 17.7 Å². The molecule has 5 rings (SSSR count). The average Bonchev–Trinajstić information content (AvgIpc) is 3.24. The van der Waals surface area contributed by atoms with E-state index in [9.17, 15) is 8.42 Å². The van der Waals surface area contributed by atoms with Gasteiger partial charge in [-0.3, -0.25) is 0 Å². The van der Waals surface area contributed by atoms with E-state index in [1.807, 2.05) is 30.3 Å². The summed E-state index contributed by atoms with van der Waals surface area (Å²) in [6.45, 7) is 1.59. The number of hydrogen-bond donors (Lipinski definition) is 1. The van der Waals surface area contributed by atoms with Crippen LogP contribution in [0.1, 0.15) is 12.8 Å². The van der Waals surface area contributed by atoms with Crippen LogP contribution in [0.5, 0.6) is 0 Å². The number of rotatable bonds is 6. The van der Waals surface area contributed by atoms with Gasteiger partial charge in [-0.1, -0.05) is 45.7 Å². The minimum Gasteiger partial charge on any atom is -0.370 e. The van der Waals surface area contributed by atoms with Gasteiger partial charge in [-0.2, -0.15) is 13.9 Å². The maximum Gasteiger partial charge on any atom is 0.243 e. The number of piperidine rings is 1. The SMILES string of the molecule is O=S(=O)(c1ccc(Br)cc1)N1CCCC(CNc2cc(-c3ccccc3Cl)nc3c(Br)cnn23)C1. The highest BCUT2D eigenvalue weighted by Crippen LogP contribution is 2.31. The first-order chi connectivity index (χ1) is 16.8. The molecule has 182 valence electrons. The Morgan fingerprint density at radius 2 is 1.89 bits per heavy atom. The Morgan fingerprint density at radius 1 is 1.11 bits per heavy atom. The molecule has 0 radical (unpaired) electrons. The van der Waals surface area contributed by atoms with Gasteiger partial charge in [0.2, 0.25) is 10.0 Å². The van der Waals surface area contributed by atoms with Crippen molar-refractivity contribution in [2.75, 3.05) is 25.0 Å². The molecule has 7 nitrogen and oxygen atoms in total. The molecule has 4 aromatic rings. The van der Waals surface area contributed by atoms with E-state index in [1.165, 1.54) is 0 Å². The average molecular weight is 640 g/mol. The number of benzene rings is 2. The molecule has 1 unspecified atom stereocenters. The Hall–Kier alpha value is -1.98. The van der Waals surface area contributed by atoms with E-state index in [0.717, 1.165) is 38.9 Å². The maximum absolute atomic E-state index is 13.2. The zero-order chi connectivity index (χ0) is 24.6. The second-order valence-corrected chi connectivity index (χ2v) is 12.6. The van der Waals surface area contributed by atoms with Crippen LogP contribution in [-0.2, 0) is 10.0 Å². The van der Waals surface area contributed by atoms with Crippen LogP contribution >= 0.6 is 43.5 Å². The zero-order valence-electron chi connectivity index (χ0n) is 18.5. The largest absolute Gasteiger partial charge is 0.370 e. The number of anilines is 1. The molecule has 0 bridgehead atoms. The predicted molar refractivity (Wildman–Crippen MR) is 145 cm³/mol. The van der Waals surface area contributed by atoms with E-state index in [2.05, 4.69) is 42.3 Å². The van der Waals surface area contributed by atoms with Crippen LogP contribution in [0.15, 0.2) is 74.6 Å². The molecular formula is C24H22Br2ClN5O2S. The third-order valence-electron chi connectivity index (χ3n) is 6.08. The molecule has 0 spiro atoms. The standard InChI is InChI=1S/C24H22Br2ClN5O2S/c25-17-7-9-18(10-8-17)35(33,34)31-11-3-4-16(15-31)13-28-23-12-22(19-5-1-2-6-21(19)27)30-24-20(26)14-29-32(23)24/h1-2,5-10,12,14,16,28H,3-4,11,13,15H2. The van der Waals surface area contributed by atoms with Crippen LogP contribution in [0.3, 0.4) is 0 Å². The molecule has 0 amide bonds. The predicted octanol–water partition coefficient (Wildman–Crippen LogP) is 6.09. The first kappa shape index (κ1) is 24.7. The minimum atomic E-state index is -3.54. The number of fused-ring (bicyclic) bond motifs is 1. The van der Waals surface area contributed by atoms with Gasteiger partial charge in [0.1, 0.15) is 5.82 Å². The van der Waals surface area contributed by atoms with Crippen LogP contribution in [0.4, 0.5) is 5.82 Å². The summed E-state index contributed by atoms with van der Waals surface area (Å²) in [6, 6.07) is 16.3. The van der Waals surface area contributed by atoms with Gasteiger partial charge in [0.15, 0.2) is 5.65 Å². The normalized spacial score (nSPS) is 17.1. The number of sulfonamides is 1. The lowest BCUT2D eigenvalue weighted by molar-refractivity contribution is 0.275. The molecule has 2 aromatic carbocycles. The van der Waals surface area contributed by atoms with Crippen molar-refractivity contribution < 1.29 is 8.42 Å². The lowest BCUT2D eigenvalue weighted by Crippen LogP contribution is -2.41. The van der Waals surface area contributed by atoms with Crippen molar-refractivity contribution >= 4 is 64.9 Å². The van der Waals surface area contributed by atoms with Crippen LogP contribution in [-0.4, -0.2) is 47.0 Å². The van der Waals surface area contributed by atoms with E-state index in [4.69, 9.17) is 16.6 Å². The number of aromatic nitrogens is 3. The van der Waals surface area contributed by atoms with Gasteiger partial charge in [0, 0.05) is 40.8 Å². The zero-order valence-corrected chi connectivity index (χ0v) is 23.3. The van der Waals surface area contributed by atoms with Crippen LogP contribution in [0.2, 0.25) is 5.02 Å². The first-order valence-corrected chi connectivity index (χ1v) is 14.5. The molecule has 0 saturated carbocycles. The van der Waals surface area contributed by atoms with Gasteiger partial charge >= 0.3 is 0 Å². The summed E-state index contributed by atoms with van der Waals surface area (Å²) in [7, 11) is -3.54. The topological polar surface area (TPSA) is 79.6 Å². The van der Waals surface area contributed by atoms with E-state index < -0.39 is 10.0 Å². The monoisotopic (exact) mass is 637 g/mol. The summed E-state index contributed by atoms with van der Waals surface area (Å²) in [5.74, 6) is 0.920. The Bertz CT molecular complexity index is 1480. The van der Waals surface area contributed by atoms with Crippen molar-refractivity contribution in [2.24, 2.45) is 5.92 Å². The van der Waals surface area contributed by atoms with Gasteiger partial charge in [-0.15, -0.1) is 0 Å². The lowest BCUT2D eigenvalue weighted by atomic mass is 10.00. The summed E-state index contributed by atoms with van der Waals surface area (Å²) in [5.41, 5.74) is 2.24. The van der Waals surface area contributed by atoms with Gasteiger partial charge in [0.05, 0.1) is 21.3 Å². The van der Waals surface area contributed by atoms with Crippen LogP contribution in [0.25, 0.3) is 16.9 Å². The van der Waals surface area contributed by atoms with Crippen LogP contribution < -0.4 is 5.32 Å². The molecular weight excluding hydrogens is 618 g/mol. The third-order valence-corrected chi connectivity index (χ3v) is 9.38. The van der Waals surface area contributed by atoms with Gasteiger partial charge in [-0.25, -0.2) is 13.4 Å². The molecule has 2 aromatic heterocycles. The minimum absolute atomic E-state index is 0.153. The summed E-state index contributed by atoms with van der Waals surface area (Å²) in [5, 5.41) is 8.55. The molecule has 3 heterocycles. The Labute approximate surface area is 225 Å². The lowest BCUT2D eigenvalue weighted by Gasteiger charge is -2.32. The summed E-state index contributed by atoms with van der Waals surface area (Å²) < 4.78 is 31.3. The number of halogens is 3. The number of nitrogens with zero attached hydrogens (tertiary/aromatic N) is 4. The Kier molecular flexibility index (Phi) is 7.18. The molecule has 1 fully saturated rings. The fourth-order valence-corrected chi connectivity index (χ4v) is 6.69. The van der Waals surface area contributed by atoms with Gasteiger partial charge < -0.3 is 5.32 Å². The van der Waals surface area contributed by atoms with E-state index in [1.54, 1.807) is 39.3 Å². The first-order valence-electron chi connectivity index (χ1n) is 11.1. The molecule has 1 N–H and O–H groups in total. The van der Waals surface area contributed by atoms with Crippen molar-refractivity contribution in [1.82, 2.24) is 18.9 Å². The highest BCUT2D eigenvalue weighted by atomic mass is 79.9. The second-order valence-electron chi connectivity index (χ2n) is 8.44. The fourth-order valence-electron chi connectivity index (χ4n) is 4.29.